The van der Waals surface area contributed by atoms with Crippen molar-refractivity contribution >= 4 is 28.7 Å². The summed E-state index contributed by atoms with van der Waals surface area (Å²) >= 11 is 0. The molecule has 1 aromatic heterocycles. The molecule has 0 saturated heterocycles. The number of carbonyl (C=O) groups excluding carboxylic acids is 1. The SMILES string of the molecule is CC(C)C(NC(=O)C(C=NC1CC1)=NN)c1ccc2cccnc2c1O. The highest BCUT2D eigenvalue weighted by Gasteiger charge is 2.25. The number of fused-ring (bicyclic) bond motifs is 1. The number of aromatic hydroxyl groups is 1. The van der Waals surface area contributed by atoms with Gasteiger partial charge >= 0.3 is 0 Å². The van der Waals surface area contributed by atoms with Gasteiger partial charge in [0.15, 0.2) is 5.71 Å². The molecule has 0 bridgehead atoms. The first kappa shape index (κ1) is 17.8. The van der Waals surface area contributed by atoms with Crippen molar-refractivity contribution in [3.8, 4) is 5.75 Å². The summed E-state index contributed by atoms with van der Waals surface area (Å²) in [5.41, 5.74) is 1.18. The molecule has 7 heteroatoms. The van der Waals surface area contributed by atoms with E-state index in [4.69, 9.17) is 5.84 Å². The molecule has 4 N–H and O–H groups in total. The first-order chi connectivity index (χ1) is 12.5. The van der Waals surface area contributed by atoms with Crippen LogP contribution in [0.3, 0.4) is 0 Å². The van der Waals surface area contributed by atoms with Crippen molar-refractivity contribution in [3.63, 3.8) is 0 Å². The van der Waals surface area contributed by atoms with Crippen molar-refractivity contribution in [1.29, 1.82) is 0 Å². The summed E-state index contributed by atoms with van der Waals surface area (Å²) in [6.07, 6.45) is 5.11. The third-order valence-corrected chi connectivity index (χ3v) is 4.39. The number of rotatable bonds is 6. The number of hydrogen-bond acceptors (Lipinski definition) is 6. The number of aromatic nitrogens is 1. The highest BCUT2D eigenvalue weighted by molar-refractivity contribution is 6.60. The van der Waals surface area contributed by atoms with Gasteiger partial charge in [0.05, 0.1) is 18.3 Å². The zero-order valence-corrected chi connectivity index (χ0v) is 14.9. The fraction of sp³-hybridized carbons (Fsp3) is 0.368. The number of nitrogens with zero attached hydrogens (tertiary/aromatic N) is 3. The lowest BCUT2D eigenvalue weighted by molar-refractivity contribution is -0.115. The van der Waals surface area contributed by atoms with Crippen LogP contribution in [0.4, 0.5) is 0 Å². The standard InChI is InChI=1S/C19H23N5O2/c1-11(2)16(23-19(26)15(24-20)10-22-13-6-7-13)14-8-5-12-4-3-9-21-17(12)18(14)25/h3-5,8-11,13,16,25H,6-7,20H2,1-2H3,(H,23,26). The number of pyridine rings is 1. The molecule has 0 radical (unpaired) electrons. The number of hydrazone groups is 1. The van der Waals surface area contributed by atoms with Crippen LogP contribution in [0.1, 0.15) is 38.3 Å². The zero-order chi connectivity index (χ0) is 18.7. The van der Waals surface area contributed by atoms with E-state index in [1.54, 1.807) is 6.20 Å². The monoisotopic (exact) mass is 353 g/mol. The molecule has 26 heavy (non-hydrogen) atoms. The molecule has 1 aliphatic carbocycles. The second kappa shape index (κ2) is 7.51. The zero-order valence-electron chi connectivity index (χ0n) is 14.9. The van der Waals surface area contributed by atoms with Crippen molar-refractivity contribution in [2.45, 2.75) is 38.8 Å². The van der Waals surface area contributed by atoms with E-state index >= 15 is 0 Å². The van der Waals surface area contributed by atoms with Crippen LogP contribution >= 0.6 is 0 Å². The number of amides is 1. The Balaban J connectivity index is 1.87. The normalized spacial score (nSPS) is 16.3. The molecule has 1 fully saturated rings. The number of nitrogens with one attached hydrogen (secondary N) is 1. The molecule has 1 aromatic carbocycles. The van der Waals surface area contributed by atoms with Gasteiger partial charge in [0.25, 0.3) is 5.91 Å². The van der Waals surface area contributed by atoms with E-state index in [0.29, 0.717) is 11.1 Å². The van der Waals surface area contributed by atoms with Crippen LogP contribution in [-0.4, -0.2) is 34.0 Å². The summed E-state index contributed by atoms with van der Waals surface area (Å²) in [6.45, 7) is 3.93. The predicted molar refractivity (Wildman–Crippen MR) is 102 cm³/mol. The second-order valence-corrected chi connectivity index (χ2v) is 6.80. The molecule has 1 unspecified atom stereocenters. The Labute approximate surface area is 152 Å². The molecule has 2 aromatic rings. The Hall–Kier alpha value is -2.96. The van der Waals surface area contributed by atoms with E-state index in [1.165, 1.54) is 6.21 Å². The quantitative estimate of drug-likeness (QED) is 0.420. The first-order valence-electron chi connectivity index (χ1n) is 8.69. The Kier molecular flexibility index (Phi) is 5.16. The van der Waals surface area contributed by atoms with Crippen molar-refractivity contribution < 1.29 is 9.90 Å². The highest BCUT2D eigenvalue weighted by Crippen LogP contribution is 2.34. The van der Waals surface area contributed by atoms with Crippen LogP contribution in [0, 0.1) is 5.92 Å². The molecule has 136 valence electrons. The maximum absolute atomic E-state index is 12.6. The summed E-state index contributed by atoms with van der Waals surface area (Å²) in [5, 5.41) is 18.0. The molecule has 1 atom stereocenters. The van der Waals surface area contributed by atoms with E-state index in [0.717, 1.165) is 18.2 Å². The lowest BCUT2D eigenvalue weighted by atomic mass is 9.93. The van der Waals surface area contributed by atoms with Gasteiger partial charge in [-0.15, -0.1) is 0 Å². The number of phenols is 1. The lowest BCUT2D eigenvalue weighted by Crippen LogP contribution is -2.37. The maximum Gasteiger partial charge on any atom is 0.273 e. The van der Waals surface area contributed by atoms with Crippen molar-refractivity contribution in [1.82, 2.24) is 10.3 Å². The summed E-state index contributed by atoms with van der Waals surface area (Å²) < 4.78 is 0. The van der Waals surface area contributed by atoms with Crippen LogP contribution in [0.5, 0.6) is 5.75 Å². The Morgan fingerprint density at radius 1 is 1.38 bits per heavy atom. The van der Waals surface area contributed by atoms with E-state index in [1.807, 2.05) is 38.1 Å². The largest absolute Gasteiger partial charge is 0.505 e. The minimum atomic E-state index is -0.420. The van der Waals surface area contributed by atoms with Crippen LogP contribution in [0.25, 0.3) is 10.9 Å². The van der Waals surface area contributed by atoms with E-state index in [9.17, 15) is 9.90 Å². The third-order valence-electron chi connectivity index (χ3n) is 4.39. The van der Waals surface area contributed by atoms with Gasteiger partial charge in [-0.25, -0.2) is 0 Å². The molecule has 0 spiro atoms. The van der Waals surface area contributed by atoms with Gasteiger partial charge in [-0.2, -0.15) is 5.10 Å². The molecule has 1 aliphatic rings. The van der Waals surface area contributed by atoms with Crippen molar-refractivity contribution in [3.05, 3.63) is 36.0 Å². The fourth-order valence-corrected chi connectivity index (χ4v) is 2.77. The molecule has 3 rings (SSSR count). The Morgan fingerprint density at radius 3 is 2.81 bits per heavy atom. The van der Waals surface area contributed by atoms with E-state index in [-0.39, 0.29) is 23.4 Å². The number of phenolic OH excluding ortho intramolecular Hbond substituents is 1. The summed E-state index contributed by atoms with van der Waals surface area (Å²) in [6, 6.07) is 7.23. The van der Waals surface area contributed by atoms with Crippen LogP contribution in [-0.2, 0) is 4.79 Å². The minimum Gasteiger partial charge on any atom is -0.505 e. The van der Waals surface area contributed by atoms with Crippen LogP contribution < -0.4 is 11.2 Å². The van der Waals surface area contributed by atoms with E-state index < -0.39 is 11.9 Å². The molecule has 1 amide bonds. The predicted octanol–water partition coefficient (Wildman–Crippen LogP) is 2.30. The second-order valence-electron chi connectivity index (χ2n) is 6.80. The maximum atomic E-state index is 12.6. The number of hydrogen-bond donors (Lipinski definition) is 3. The number of aliphatic imine (C=N–C) groups is 1. The topological polar surface area (TPSA) is 113 Å². The smallest absolute Gasteiger partial charge is 0.273 e. The molecule has 0 aliphatic heterocycles. The third kappa shape index (κ3) is 3.82. The number of carbonyl (C=O) groups is 1. The lowest BCUT2D eigenvalue weighted by Gasteiger charge is -2.24. The Morgan fingerprint density at radius 2 is 2.15 bits per heavy atom. The van der Waals surface area contributed by atoms with Gasteiger partial charge in [0, 0.05) is 17.1 Å². The van der Waals surface area contributed by atoms with Crippen molar-refractivity contribution in [2.75, 3.05) is 0 Å². The highest BCUT2D eigenvalue weighted by atomic mass is 16.3. The van der Waals surface area contributed by atoms with Crippen molar-refractivity contribution in [2.24, 2.45) is 21.9 Å². The first-order valence-corrected chi connectivity index (χ1v) is 8.69. The van der Waals surface area contributed by atoms with Gasteiger partial charge in [-0.05, 0) is 24.8 Å². The summed E-state index contributed by atoms with van der Waals surface area (Å²) in [7, 11) is 0. The minimum absolute atomic E-state index is 0.0328. The van der Waals surface area contributed by atoms with E-state index in [2.05, 4.69) is 20.4 Å². The molecular weight excluding hydrogens is 330 g/mol. The van der Waals surface area contributed by atoms with Gasteiger partial charge in [0.2, 0.25) is 0 Å². The molecule has 7 nitrogen and oxygen atoms in total. The molecule has 1 heterocycles. The van der Waals surface area contributed by atoms with Gasteiger partial charge in [-0.3, -0.25) is 14.8 Å². The Bertz CT molecular complexity index is 871. The van der Waals surface area contributed by atoms with Crippen LogP contribution in [0.15, 0.2) is 40.6 Å². The van der Waals surface area contributed by atoms with Gasteiger partial charge in [-0.1, -0.05) is 32.0 Å². The molecular formula is C19H23N5O2. The van der Waals surface area contributed by atoms with Gasteiger partial charge in [0.1, 0.15) is 11.3 Å². The fourth-order valence-electron chi connectivity index (χ4n) is 2.77. The van der Waals surface area contributed by atoms with Crippen LogP contribution in [0.2, 0.25) is 0 Å². The van der Waals surface area contributed by atoms with Gasteiger partial charge < -0.3 is 16.3 Å². The summed E-state index contributed by atoms with van der Waals surface area (Å²) in [4.78, 5) is 21.1. The average molecular weight is 353 g/mol. The summed E-state index contributed by atoms with van der Waals surface area (Å²) in [5.74, 6) is 5.03. The number of nitrogens with two attached hydrogens (primary N) is 1. The number of benzene rings is 1. The molecule has 1 saturated carbocycles. The average Bonchev–Trinajstić information content (AvgIpc) is 3.45.